The Bertz CT molecular complexity index is 497. The fourth-order valence-electron chi connectivity index (χ4n) is 0.901. The second-order valence-electron chi connectivity index (χ2n) is 2.74. The lowest BCUT2D eigenvalue weighted by Crippen LogP contribution is -2.21. The minimum Gasteiger partial charge on any atom is -0.437 e. The first kappa shape index (κ1) is 13.6. The summed E-state index contributed by atoms with van der Waals surface area (Å²) < 4.78 is 45.1. The van der Waals surface area contributed by atoms with Crippen molar-refractivity contribution in [3.8, 4) is 5.75 Å². The van der Waals surface area contributed by atoms with E-state index in [1.54, 1.807) is 4.98 Å². The molecule has 0 aromatic carbocycles. The lowest BCUT2D eigenvalue weighted by atomic mass is 10.3. The van der Waals surface area contributed by atoms with Crippen LogP contribution in [-0.2, 0) is 10.9 Å². The molecular weight excluding hydrogens is 311 g/mol. The Morgan fingerprint density at radius 3 is 2.53 bits per heavy atom. The molecule has 0 aliphatic heterocycles. The van der Waals surface area contributed by atoms with Crippen LogP contribution in [0.1, 0.15) is 5.69 Å². The number of H-pyrrole nitrogens is 1. The first-order valence-corrected chi connectivity index (χ1v) is 4.81. The Morgan fingerprint density at radius 1 is 1.47 bits per heavy atom. The normalized spacial score (nSPS) is 11.1. The number of carbonyl (C=O) groups is 1. The molecule has 0 radical (unpaired) electrons. The van der Waals surface area contributed by atoms with Crippen LogP contribution in [0.5, 0.6) is 5.75 Å². The first-order chi connectivity index (χ1) is 7.75. The summed E-state index contributed by atoms with van der Waals surface area (Å²) in [6, 6.07) is 0.735. The fraction of sp³-hybridized carbons (Fsp3) is 0.250. The number of aromatic amines is 1. The van der Waals surface area contributed by atoms with Crippen LogP contribution in [0.15, 0.2) is 15.3 Å². The number of ether oxygens (including phenoxy) is 2. The monoisotopic (exact) mass is 315 g/mol. The zero-order valence-corrected chi connectivity index (χ0v) is 9.81. The van der Waals surface area contributed by atoms with Crippen LogP contribution in [0.4, 0.5) is 18.0 Å². The van der Waals surface area contributed by atoms with Crippen LogP contribution in [0.25, 0.3) is 0 Å². The Hall–Kier alpha value is -1.51. The zero-order chi connectivity index (χ0) is 13.2. The van der Waals surface area contributed by atoms with Gasteiger partial charge in [0.2, 0.25) is 5.75 Å². The largest absolute Gasteiger partial charge is 0.513 e. The van der Waals surface area contributed by atoms with Crippen molar-refractivity contribution in [3.63, 3.8) is 0 Å². The molecule has 0 saturated carbocycles. The standard InChI is InChI=1S/C8H5BrF3NO4/c1-16-7(15)17-4-2-3(9)5(8(10,11)12)13-6(4)14/h2H,1H3,(H,13,14). The number of alkyl halides is 3. The van der Waals surface area contributed by atoms with Crippen molar-refractivity contribution < 1.29 is 27.4 Å². The maximum atomic E-state index is 12.4. The van der Waals surface area contributed by atoms with E-state index in [0.717, 1.165) is 13.2 Å². The van der Waals surface area contributed by atoms with E-state index in [1.165, 1.54) is 0 Å². The first-order valence-electron chi connectivity index (χ1n) is 4.01. The average Bonchev–Trinajstić information content (AvgIpc) is 2.21. The number of nitrogens with one attached hydrogen (secondary N) is 1. The third-order valence-electron chi connectivity index (χ3n) is 1.60. The number of rotatable bonds is 1. The summed E-state index contributed by atoms with van der Waals surface area (Å²) in [4.78, 5) is 23.4. The van der Waals surface area contributed by atoms with Crippen LogP contribution in [0.2, 0.25) is 0 Å². The molecule has 0 amide bonds. The van der Waals surface area contributed by atoms with E-state index >= 15 is 0 Å². The minimum atomic E-state index is -4.72. The molecule has 5 nitrogen and oxygen atoms in total. The smallest absolute Gasteiger partial charge is 0.437 e. The van der Waals surface area contributed by atoms with Crippen molar-refractivity contribution in [2.45, 2.75) is 6.18 Å². The number of halogens is 4. The zero-order valence-electron chi connectivity index (χ0n) is 8.22. The fourth-order valence-corrected chi connectivity index (χ4v) is 1.43. The lowest BCUT2D eigenvalue weighted by molar-refractivity contribution is -0.142. The molecule has 0 spiro atoms. The summed E-state index contributed by atoms with van der Waals surface area (Å²) >= 11 is 2.61. The van der Waals surface area contributed by atoms with Gasteiger partial charge in [-0.3, -0.25) is 4.79 Å². The van der Waals surface area contributed by atoms with E-state index in [2.05, 4.69) is 25.4 Å². The maximum absolute atomic E-state index is 12.4. The van der Waals surface area contributed by atoms with Gasteiger partial charge in [-0.05, 0) is 15.9 Å². The van der Waals surface area contributed by atoms with Gasteiger partial charge in [0.1, 0.15) is 5.69 Å². The van der Waals surface area contributed by atoms with Crippen LogP contribution >= 0.6 is 15.9 Å². The quantitative estimate of drug-likeness (QED) is 0.807. The molecule has 0 aliphatic carbocycles. The molecule has 9 heteroatoms. The molecule has 0 fully saturated rings. The Kier molecular flexibility index (Phi) is 3.81. The summed E-state index contributed by atoms with van der Waals surface area (Å²) in [5.41, 5.74) is -2.45. The summed E-state index contributed by atoms with van der Waals surface area (Å²) in [5.74, 6) is -0.600. The van der Waals surface area contributed by atoms with E-state index in [4.69, 9.17) is 0 Å². The van der Waals surface area contributed by atoms with Gasteiger partial charge in [-0.1, -0.05) is 0 Å². The predicted molar refractivity (Wildman–Crippen MR) is 52.8 cm³/mol. The van der Waals surface area contributed by atoms with Crippen molar-refractivity contribution in [1.82, 2.24) is 4.98 Å². The molecule has 1 N–H and O–H groups in total. The molecule has 0 unspecified atom stereocenters. The Balaban J connectivity index is 3.19. The summed E-state index contributed by atoms with van der Waals surface area (Å²) in [7, 11) is 0.996. The van der Waals surface area contributed by atoms with E-state index in [1.807, 2.05) is 0 Å². The van der Waals surface area contributed by atoms with Crippen molar-refractivity contribution in [1.29, 1.82) is 0 Å². The van der Waals surface area contributed by atoms with Gasteiger partial charge in [-0.15, -0.1) is 0 Å². The molecule has 0 aliphatic rings. The minimum absolute atomic E-state index is 0.455. The van der Waals surface area contributed by atoms with Gasteiger partial charge in [-0.2, -0.15) is 13.2 Å². The van der Waals surface area contributed by atoms with Crippen LogP contribution < -0.4 is 10.3 Å². The number of hydrogen-bond donors (Lipinski definition) is 1. The summed E-state index contributed by atoms with van der Waals surface area (Å²) in [6.45, 7) is 0. The molecular formula is C8H5BrF3NO4. The number of hydrogen-bond acceptors (Lipinski definition) is 4. The van der Waals surface area contributed by atoms with Crippen LogP contribution in [-0.4, -0.2) is 18.2 Å². The SMILES string of the molecule is COC(=O)Oc1cc(Br)c(C(F)(F)F)[nH]c1=O. The molecule has 0 bridgehead atoms. The van der Waals surface area contributed by atoms with Crippen molar-refractivity contribution in [3.05, 3.63) is 26.6 Å². The average molecular weight is 316 g/mol. The van der Waals surface area contributed by atoms with Crippen molar-refractivity contribution >= 4 is 22.1 Å². The van der Waals surface area contributed by atoms with Gasteiger partial charge in [0, 0.05) is 6.07 Å². The topological polar surface area (TPSA) is 68.4 Å². The van der Waals surface area contributed by atoms with Crippen LogP contribution in [0.3, 0.4) is 0 Å². The molecule has 94 valence electrons. The van der Waals surface area contributed by atoms with E-state index in [-0.39, 0.29) is 0 Å². The highest BCUT2D eigenvalue weighted by Crippen LogP contribution is 2.33. The second kappa shape index (κ2) is 4.78. The number of aromatic nitrogens is 1. The molecule has 1 heterocycles. The van der Waals surface area contributed by atoms with Gasteiger partial charge in [0.25, 0.3) is 5.56 Å². The van der Waals surface area contributed by atoms with Gasteiger partial charge >= 0.3 is 12.3 Å². The highest BCUT2D eigenvalue weighted by Gasteiger charge is 2.35. The summed E-state index contributed by atoms with van der Waals surface area (Å²) in [6.07, 6.45) is -5.93. The number of methoxy groups -OCH3 is 1. The van der Waals surface area contributed by atoms with E-state index in [9.17, 15) is 22.8 Å². The maximum Gasteiger partial charge on any atom is 0.513 e. The van der Waals surface area contributed by atoms with E-state index in [0.29, 0.717) is 0 Å². The molecule has 0 atom stereocenters. The number of carbonyl (C=O) groups excluding carboxylic acids is 1. The molecule has 1 aromatic rings. The van der Waals surface area contributed by atoms with Crippen LogP contribution in [0, 0.1) is 0 Å². The van der Waals surface area contributed by atoms with Crippen molar-refractivity contribution in [2.24, 2.45) is 0 Å². The Labute approximate surface area is 101 Å². The summed E-state index contributed by atoms with van der Waals surface area (Å²) in [5, 5.41) is 0. The predicted octanol–water partition coefficient (Wildman–Crippen LogP) is 2.30. The number of pyridine rings is 1. The molecule has 0 saturated heterocycles. The highest BCUT2D eigenvalue weighted by atomic mass is 79.9. The molecule has 17 heavy (non-hydrogen) atoms. The van der Waals surface area contributed by atoms with Crippen molar-refractivity contribution in [2.75, 3.05) is 7.11 Å². The molecule has 1 rings (SSSR count). The van der Waals surface area contributed by atoms with Gasteiger partial charge in [0.15, 0.2) is 0 Å². The third-order valence-corrected chi connectivity index (χ3v) is 2.23. The van der Waals surface area contributed by atoms with Gasteiger partial charge in [0.05, 0.1) is 11.6 Å². The van der Waals surface area contributed by atoms with Gasteiger partial charge < -0.3 is 14.5 Å². The highest BCUT2D eigenvalue weighted by molar-refractivity contribution is 9.10. The molecule has 1 aromatic heterocycles. The Morgan fingerprint density at radius 2 is 2.06 bits per heavy atom. The second-order valence-corrected chi connectivity index (χ2v) is 3.59. The van der Waals surface area contributed by atoms with E-state index < -0.39 is 33.8 Å². The lowest BCUT2D eigenvalue weighted by Gasteiger charge is -2.09. The van der Waals surface area contributed by atoms with Gasteiger partial charge in [-0.25, -0.2) is 4.79 Å². The third kappa shape index (κ3) is 3.22.